The number of para-hydroxylation sites is 1. The summed E-state index contributed by atoms with van der Waals surface area (Å²) in [5.41, 5.74) is 3.54. The molecule has 0 amide bonds. The minimum Gasteiger partial charge on any atom is -0.392 e. The molecule has 0 spiro atoms. The van der Waals surface area contributed by atoms with Gasteiger partial charge in [-0.05, 0) is 31.5 Å². The zero-order chi connectivity index (χ0) is 15.5. The highest BCUT2D eigenvalue weighted by Crippen LogP contribution is 2.20. The number of nitrogens with zero attached hydrogens (tertiary/aromatic N) is 3. The van der Waals surface area contributed by atoms with E-state index in [0.717, 1.165) is 50.5 Å². The first kappa shape index (κ1) is 15.4. The predicted molar refractivity (Wildman–Crippen MR) is 89.9 cm³/mol. The number of benzene rings is 1. The molecular formula is C18H25N3O. The van der Waals surface area contributed by atoms with E-state index >= 15 is 0 Å². The Hall–Kier alpha value is -1.49. The van der Waals surface area contributed by atoms with Gasteiger partial charge in [0.1, 0.15) is 0 Å². The average Bonchev–Trinajstić information content (AvgIpc) is 2.48. The Morgan fingerprint density at radius 2 is 1.82 bits per heavy atom. The van der Waals surface area contributed by atoms with Crippen molar-refractivity contribution in [2.45, 2.75) is 26.5 Å². The Labute approximate surface area is 132 Å². The number of aromatic nitrogens is 1. The fourth-order valence-corrected chi connectivity index (χ4v) is 3.27. The summed E-state index contributed by atoms with van der Waals surface area (Å²) in [6.07, 6.45) is -0.238. The van der Waals surface area contributed by atoms with Gasteiger partial charge in [-0.15, -0.1) is 0 Å². The number of piperazine rings is 1. The first-order chi connectivity index (χ1) is 10.6. The molecule has 1 N–H and O–H groups in total. The third-order valence-corrected chi connectivity index (χ3v) is 4.31. The maximum absolute atomic E-state index is 9.49. The molecule has 0 aliphatic carbocycles. The van der Waals surface area contributed by atoms with Gasteiger partial charge < -0.3 is 5.11 Å². The highest BCUT2D eigenvalue weighted by atomic mass is 16.3. The van der Waals surface area contributed by atoms with E-state index < -0.39 is 0 Å². The van der Waals surface area contributed by atoms with Gasteiger partial charge in [-0.2, -0.15) is 0 Å². The summed E-state index contributed by atoms with van der Waals surface area (Å²) in [4.78, 5) is 9.46. The Balaban J connectivity index is 1.70. The zero-order valence-corrected chi connectivity index (χ0v) is 13.5. The number of β-amino-alcohol motifs (C(OH)–C–C–N with tert-alkyl or cyclic N) is 1. The molecule has 1 atom stereocenters. The molecule has 4 heteroatoms. The number of rotatable bonds is 4. The van der Waals surface area contributed by atoms with Crippen molar-refractivity contribution in [2.75, 3.05) is 32.7 Å². The molecule has 2 aromatic rings. The molecule has 1 aliphatic rings. The molecule has 1 saturated heterocycles. The lowest BCUT2D eigenvalue weighted by molar-refractivity contribution is 0.0782. The Bertz CT molecular complexity index is 633. The Kier molecular flexibility index (Phi) is 4.71. The highest BCUT2D eigenvalue weighted by molar-refractivity contribution is 5.82. The molecule has 2 heterocycles. The SMILES string of the molecule is Cc1cc(CN2CCN(C[C@@H](C)O)CC2)c2ccccc2n1. The lowest BCUT2D eigenvalue weighted by Crippen LogP contribution is -2.47. The van der Waals surface area contributed by atoms with Crippen LogP contribution in [-0.2, 0) is 6.54 Å². The van der Waals surface area contributed by atoms with Gasteiger partial charge in [-0.3, -0.25) is 14.8 Å². The van der Waals surface area contributed by atoms with Crippen LogP contribution in [0.2, 0.25) is 0 Å². The third kappa shape index (κ3) is 3.64. The second-order valence-corrected chi connectivity index (χ2v) is 6.37. The van der Waals surface area contributed by atoms with Gasteiger partial charge in [0.05, 0.1) is 11.6 Å². The maximum Gasteiger partial charge on any atom is 0.0708 e. The first-order valence-corrected chi connectivity index (χ1v) is 8.10. The van der Waals surface area contributed by atoms with Crippen LogP contribution in [-0.4, -0.2) is 58.7 Å². The van der Waals surface area contributed by atoms with Crippen molar-refractivity contribution in [3.8, 4) is 0 Å². The molecule has 1 fully saturated rings. The fraction of sp³-hybridized carbons (Fsp3) is 0.500. The summed E-state index contributed by atoms with van der Waals surface area (Å²) in [6, 6.07) is 10.6. The van der Waals surface area contributed by atoms with E-state index in [-0.39, 0.29) is 6.10 Å². The van der Waals surface area contributed by atoms with Crippen LogP contribution in [0.5, 0.6) is 0 Å². The van der Waals surface area contributed by atoms with Crippen molar-refractivity contribution in [2.24, 2.45) is 0 Å². The van der Waals surface area contributed by atoms with Crippen LogP contribution >= 0.6 is 0 Å². The maximum atomic E-state index is 9.49. The summed E-state index contributed by atoms with van der Waals surface area (Å²) in [7, 11) is 0. The first-order valence-electron chi connectivity index (χ1n) is 8.10. The molecule has 118 valence electrons. The molecular weight excluding hydrogens is 274 g/mol. The molecule has 1 aliphatic heterocycles. The standard InChI is InChI=1S/C18H25N3O/c1-14-11-16(17-5-3-4-6-18(17)19-14)13-21-9-7-20(8-10-21)12-15(2)22/h3-6,11,15,22H,7-10,12-13H2,1-2H3/t15-/m1/s1. The summed E-state index contributed by atoms with van der Waals surface area (Å²) in [6.45, 7) is 9.87. The van der Waals surface area contributed by atoms with Crippen molar-refractivity contribution in [3.63, 3.8) is 0 Å². The van der Waals surface area contributed by atoms with Crippen LogP contribution in [0.25, 0.3) is 10.9 Å². The van der Waals surface area contributed by atoms with Crippen molar-refractivity contribution < 1.29 is 5.11 Å². The van der Waals surface area contributed by atoms with Crippen LogP contribution in [0.15, 0.2) is 30.3 Å². The molecule has 1 aromatic heterocycles. The number of hydrogen-bond acceptors (Lipinski definition) is 4. The van der Waals surface area contributed by atoms with Crippen LogP contribution < -0.4 is 0 Å². The Morgan fingerprint density at radius 1 is 1.14 bits per heavy atom. The number of pyridine rings is 1. The monoisotopic (exact) mass is 299 g/mol. The number of aliphatic hydroxyl groups excluding tert-OH is 1. The Morgan fingerprint density at radius 3 is 2.55 bits per heavy atom. The van der Waals surface area contributed by atoms with E-state index in [4.69, 9.17) is 0 Å². The summed E-state index contributed by atoms with van der Waals surface area (Å²) < 4.78 is 0. The van der Waals surface area contributed by atoms with Crippen LogP contribution in [0, 0.1) is 6.92 Å². The molecule has 22 heavy (non-hydrogen) atoms. The topological polar surface area (TPSA) is 39.6 Å². The van der Waals surface area contributed by atoms with Crippen molar-refractivity contribution in [1.29, 1.82) is 0 Å². The largest absolute Gasteiger partial charge is 0.392 e. The average molecular weight is 299 g/mol. The van der Waals surface area contributed by atoms with Gasteiger partial charge in [-0.25, -0.2) is 0 Å². The van der Waals surface area contributed by atoms with E-state index in [1.165, 1.54) is 10.9 Å². The second kappa shape index (κ2) is 6.73. The smallest absolute Gasteiger partial charge is 0.0708 e. The quantitative estimate of drug-likeness (QED) is 0.938. The normalized spacial score (nSPS) is 18.7. The number of hydrogen-bond donors (Lipinski definition) is 1. The van der Waals surface area contributed by atoms with E-state index in [1.807, 2.05) is 13.0 Å². The van der Waals surface area contributed by atoms with Crippen molar-refractivity contribution in [3.05, 3.63) is 41.6 Å². The van der Waals surface area contributed by atoms with Gasteiger partial charge in [0.2, 0.25) is 0 Å². The van der Waals surface area contributed by atoms with E-state index in [0.29, 0.717) is 0 Å². The van der Waals surface area contributed by atoms with Gasteiger partial charge in [-0.1, -0.05) is 18.2 Å². The van der Waals surface area contributed by atoms with Gasteiger partial charge >= 0.3 is 0 Å². The third-order valence-electron chi connectivity index (χ3n) is 4.31. The van der Waals surface area contributed by atoms with E-state index in [1.54, 1.807) is 0 Å². The number of fused-ring (bicyclic) bond motifs is 1. The van der Waals surface area contributed by atoms with Crippen LogP contribution in [0.1, 0.15) is 18.2 Å². The molecule has 0 bridgehead atoms. The fourth-order valence-electron chi connectivity index (χ4n) is 3.27. The van der Waals surface area contributed by atoms with Gasteiger partial charge in [0, 0.05) is 50.3 Å². The lowest BCUT2D eigenvalue weighted by atomic mass is 10.1. The van der Waals surface area contributed by atoms with Gasteiger partial charge in [0.15, 0.2) is 0 Å². The molecule has 1 aromatic carbocycles. The number of aryl methyl sites for hydroxylation is 1. The molecule has 0 saturated carbocycles. The minimum absolute atomic E-state index is 0.238. The van der Waals surface area contributed by atoms with E-state index in [9.17, 15) is 5.11 Å². The predicted octanol–water partition coefficient (Wildman–Crippen LogP) is 2.04. The van der Waals surface area contributed by atoms with Gasteiger partial charge in [0.25, 0.3) is 0 Å². The summed E-state index contributed by atoms with van der Waals surface area (Å²) in [5, 5.41) is 10.8. The number of aliphatic hydroxyl groups is 1. The second-order valence-electron chi connectivity index (χ2n) is 6.37. The van der Waals surface area contributed by atoms with Crippen LogP contribution in [0.3, 0.4) is 0 Å². The van der Waals surface area contributed by atoms with E-state index in [2.05, 4.69) is 46.0 Å². The van der Waals surface area contributed by atoms with Crippen molar-refractivity contribution in [1.82, 2.24) is 14.8 Å². The summed E-state index contributed by atoms with van der Waals surface area (Å²) >= 11 is 0. The zero-order valence-electron chi connectivity index (χ0n) is 13.5. The van der Waals surface area contributed by atoms with Crippen molar-refractivity contribution >= 4 is 10.9 Å². The lowest BCUT2D eigenvalue weighted by Gasteiger charge is -2.35. The molecule has 0 radical (unpaired) electrons. The summed E-state index contributed by atoms with van der Waals surface area (Å²) in [5.74, 6) is 0. The van der Waals surface area contributed by atoms with Crippen LogP contribution in [0.4, 0.5) is 0 Å². The molecule has 3 rings (SSSR count). The minimum atomic E-state index is -0.238. The molecule has 4 nitrogen and oxygen atoms in total. The molecule has 0 unspecified atom stereocenters. The highest BCUT2D eigenvalue weighted by Gasteiger charge is 2.18.